The lowest BCUT2D eigenvalue weighted by molar-refractivity contribution is -0.139. The molecule has 3 N–H and O–H groups in total. The van der Waals surface area contributed by atoms with Gasteiger partial charge >= 0.3 is 12.0 Å². The second kappa shape index (κ2) is 7.54. The first-order valence-electron chi connectivity index (χ1n) is 5.32. The number of carboxylic acids is 1. The number of hydrogen-bond acceptors (Lipinski definition) is 4. The van der Waals surface area contributed by atoms with E-state index in [0.29, 0.717) is 17.9 Å². The van der Waals surface area contributed by atoms with Crippen LogP contribution in [0.2, 0.25) is 0 Å². The van der Waals surface area contributed by atoms with Crippen molar-refractivity contribution in [2.24, 2.45) is 0 Å². The van der Waals surface area contributed by atoms with Gasteiger partial charge in [0.1, 0.15) is 6.04 Å². The molecule has 1 aromatic rings. The molecule has 0 radical (unpaired) electrons. The molecule has 0 spiro atoms. The SMILES string of the molecule is CSCCC(NC(=O)Nc1cccnc1)C(=O)O. The molecule has 7 heteroatoms. The number of nitrogens with one attached hydrogen (secondary N) is 2. The zero-order valence-electron chi connectivity index (χ0n) is 9.92. The van der Waals surface area contributed by atoms with Gasteiger partial charge in [-0.25, -0.2) is 9.59 Å². The van der Waals surface area contributed by atoms with Gasteiger partial charge in [0.25, 0.3) is 0 Å². The van der Waals surface area contributed by atoms with Crippen LogP contribution in [0.3, 0.4) is 0 Å². The number of urea groups is 1. The van der Waals surface area contributed by atoms with Crippen LogP contribution in [0.1, 0.15) is 6.42 Å². The number of thioether (sulfide) groups is 1. The summed E-state index contributed by atoms with van der Waals surface area (Å²) in [6.07, 6.45) is 5.34. The second-order valence-corrected chi connectivity index (χ2v) is 4.50. The van der Waals surface area contributed by atoms with Gasteiger partial charge in [-0.1, -0.05) is 0 Å². The van der Waals surface area contributed by atoms with Crippen molar-refractivity contribution in [3.05, 3.63) is 24.5 Å². The zero-order valence-corrected chi connectivity index (χ0v) is 10.7. The Morgan fingerprint density at radius 1 is 1.56 bits per heavy atom. The van der Waals surface area contributed by atoms with Gasteiger partial charge in [-0.15, -0.1) is 0 Å². The van der Waals surface area contributed by atoms with Crippen molar-refractivity contribution >= 4 is 29.4 Å². The first-order valence-corrected chi connectivity index (χ1v) is 6.72. The standard InChI is InChI=1S/C11H15N3O3S/c1-18-6-4-9(10(15)16)14-11(17)13-8-3-2-5-12-7-8/h2-3,5,7,9H,4,6H2,1H3,(H,15,16)(H2,13,14,17). The number of carbonyl (C=O) groups excluding carboxylic acids is 1. The number of carboxylic acid groups (broad SMARTS) is 1. The third-order valence-corrected chi connectivity index (χ3v) is 2.78. The molecule has 0 aliphatic carbocycles. The molecule has 1 unspecified atom stereocenters. The molecule has 0 aliphatic rings. The Morgan fingerprint density at radius 2 is 2.33 bits per heavy atom. The molecule has 6 nitrogen and oxygen atoms in total. The van der Waals surface area contributed by atoms with E-state index in [4.69, 9.17) is 5.11 Å². The van der Waals surface area contributed by atoms with Crippen molar-refractivity contribution in [1.29, 1.82) is 0 Å². The maximum Gasteiger partial charge on any atom is 0.326 e. The quantitative estimate of drug-likeness (QED) is 0.726. The van der Waals surface area contributed by atoms with Crippen LogP contribution in [-0.4, -0.2) is 40.1 Å². The van der Waals surface area contributed by atoms with Crippen LogP contribution in [0.25, 0.3) is 0 Å². The first-order chi connectivity index (χ1) is 8.63. The monoisotopic (exact) mass is 269 g/mol. The molecule has 1 atom stereocenters. The Hall–Kier alpha value is -1.76. The van der Waals surface area contributed by atoms with Crippen molar-refractivity contribution in [2.75, 3.05) is 17.3 Å². The maximum absolute atomic E-state index is 11.6. The highest BCUT2D eigenvalue weighted by molar-refractivity contribution is 7.98. The summed E-state index contributed by atoms with van der Waals surface area (Å²) in [6, 6.07) is 1.92. The van der Waals surface area contributed by atoms with E-state index in [-0.39, 0.29) is 0 Å². The summed E-state index contributed by atoms with van der Waals surface area (Å²) in [4.78, 5) is 26.3. The number of carbonyl (C=O) groups is 2. The van der Waals surface area contributed by atoms with E-state index in [9.17, 15) is 9.59 Å². The van der Waals surface area contributed by atoms with Gasteiger partial charge in [0.05, 0.1) is 11.9 Å². The Labute approximate surface area is 109 Å². The fourth-order valence-electron chi connectivity index (χ4n) is 1.26. The van der Waals surface area contributed by atoms with Crippen molar-refractivity contribution in [1.82, 2.24) is 10.3 Å². The predicted molar refractivity (Wildman–Crippen MR) is 70.8 cm³/mol. The van der Waals surface area contributed by atoms with Gasteiger partial charge in [0.2, 0.25) is 0 Å². The molecule has 2 amide bonds. The smallest absolute Gasteiger partial charge is 0.326 e. The summed E-state index contributed by atoms with van der Waals surface area (Å²) in [6.45, 7) is 0. The minimum absolute atomic E-state index is 0.386. The Morgan fingerprint density at radius 3 is 2.89 bits per heavy atom. The molecular weight excluding hydrogens is 254 g/mol. The number of aliphatic carboxylic acids is 1. The van der Waals surface area contributed by atoms with Gasteiger partial charge < -0.3 is 15.7 Å². The minimum atomic E-state index is -1.04. The highest BCUT2D eigenvalue weighted by Crippen LogP contribution is 2.04. The topological polar surface area (TPSA) is 91.3 Å². The zero-order chi connectivity index (χ0) is 13.4. The fourth-order valence-corrected chi connectivity index (χ4v) is 1.73. The van der Waals surface area contributed by atoms with E-state index in [2.05, 4.69) is 15.6 Å². The number of hydrogen-bond donors (Lipinski definition) is 3. The molecular formula is C11H15N3O3S. The molecule has 1 rings (SSSR count). The summed E-state index contributed by atoms with van der Waals surface area (Å²) < 4.78 is 0. The maximum atomic E-state index is 11.6. The van der Waals surface area contributed by atoms with Crippen LogP contribution in [0.5, 0.6) is 0 Å². The van der Waals surface area contributed by atoms with Crippen molar-refractivity contribution < 1.29 is 14.7 Å². The molecule has 0 saturated carbocycles. The lowest BCUT2D eigenvalue weighted by atomic mass is 10.2. The average molecular weight is 269 g/mol. The molecule has 0 bridgehead atoms. The van der Waals surface area contributed by atoms with E-state index in [1.54, 1.807) is 18.3 Å². The van der Waals surface area contributed by atoms with Crippen LogP contribution in [0.4, 0.5) is 10.5 Å². The molecule has 1 aromatic heterocycles. The summed E-state index contributed by atoms with van der Waals surface area (Å²) in [5.41, 5.74) is 0.518. The van der Waals surface area contributed by atoms with Crippen molar-refractivity contribution in [3.8, 4) is 0 Å². The highest BCUT2D eigenvalue weighted by atomic mass is 32.2. The molecule has 0 fully saturated rings. The predicted octanol–water partition coefficient (Wildman–Crippen LogP) is 1.41. The third-order valence-electron chi connectivity index (χ3n) is 2.13. The largest absolute Gasteiger partial charge is 0.480 e. The molecule has 0 aliphatic heterocycles. The lowest BCUT2D eigenvalue weighted by Crippen LogP contribution is -2.43. The van der Waals surface area contributed by atoms with E-state index < -0.39 is 18.0 Å². The number of aromatic nitrogens is 1. The van der Waals surface area contributed by atoms with E-state index >= 15 is 0 Å². The van der Waals surface area contributed by atoms with Crippen LogP contribution in [0, 0.1) is 0 Å². The van der Waals surface area contributed by atoms with Gasteiger partial charge in [0.15, 0.2) is 0 Å². The van der Waals surface area contributed by atoms with Crippen molar-refractivity contribution in [2.45, 2.75) is 12.5 Å². The fraction of sp³-hybridized carbons (Fsp3) is 0.364. The Bertz CT molecular complexity index is 400. The number of pyridine rings is 1. The summed E-state index contributed by atoms with van der Waals surface area (Å²) in [7, 11) is 0. The lowest BCUT2D eigenvalue weighted by Gasteiger charge is -2.14. The number of nitrogens with zero attached hydrogens (tertiary/aromatic N) is 1. The van der Waals surface area contributed by atoms with Gasteiger partial charge in [-0.3, -0.25) is 4.98 Å². The molecule has 0 saturated heterocycles. The van der Waals surface area contributed by atoms with Crippen LogP contribution in [0.15, 0.2) is 24.5 Å². The molecule has 98 valence electrons. The molecule has 0 aromatic carbocycles. The minimum Gasteiger partial charge on any atom is -0.480 e. The second-order valence-electron chi connectivity index (χ2n) is 3.51. The van der Waals surface area contributed by atoms with Gasteiger partial charge in [0, 0.05) is 6.20 Å². The first kappa shape index (κ1) is 14.3. The molecule has 1 heterocycles. The number of anilines is 1. The van der Waals surface area contributed by atoms with Crippen molar-refractivity contribution in [3.63, 3.8) is 0 Å². The van der Waals surface area contributed by atoms with Crippen LogP contribution in [-0.2, 0) is 4.79 Å². The Kier molecular flexibility index (Phi) is 5.99. The van der Waals surface area contributed by atoms with E-state index in [0.717, 1.165) is 0 Å². The summed E-state index contributed by atoms with van der Waals surface area (Å²) in [5, 5.41) is 13.9. The van der Waals surface area contributed by atoms with Crippen LogP contribution >= 0.6 is 11.8 Å². The average Bonchev–Trinajstić information content (AvgIpc) is 2.35. The highest BCUT2D eigenvalue weighted by Gasteiger charge is 2.19. The van der Waals surface area contributed by atoms with Crippen LogP contribution < -0.4 is 10.6 Å². The Balaban J connectivity index is 2.48. The van der Waals surface area contributed by atoms with E-state index in [1.165, 1.54) is 18.0 Å². The number of rotatable bonds is 6. The van der Waals surface area contributed by atoms with Gasteiger partial charge in [-0.2, -0.15) is 11.8 Å². The summed E-state index contributed by atoms with van der Waals surface area (Å²) in [5.74, 6) is -0.366. The normalized spacial score (nSPS) is 11.6. The molecule has 18 heavy (non-hydrogen) atoms. The summed E-state index contributed by atoms with van der Waals surface area (Å²) >= 11 is 1.53. The third kappa shape index (κ3) is 5.05. The van der Waals surface area contributed by atoms with E-state index in [1.807, 2.05) is 6.26 Å². The number of amides is 2. The van der Waals surface area contributed by atoms with Gasteiger partial charge in [-0.05, 0) is 30.6 Å².